The fraction of sp³-hybridized carbons (Fsp3) is 0.333. The van der Waals surface area contributed by atoms with Crippen LogP contribution >= 0.6 is 0 Å². The molecule has 0 atom stereocenters. The molecule has 0 aliphatic carbocycles. The summed E-state index contributed by atoms with van der Waals surface area (Å²) in [6.45, 7) is -0.593. The second-order valence-corrected chi connectivity index (χ2v) is 4.03. The summed E-state index contributed by atoms with van der Waals surface area (Å²) in [6.07, 6.45) is 0. The fourth-order valence-electron chi connectivity index (χ4n) is 1.58. The lowest BCUT2D eigenvalue weighted by atomic mass is 10.1. The number of rotatable bonds is 7. The highest BCUT2D eigenvalue weighted by Crippen LogP contribution is 2.18. The van der Waals surface area contributed by atoms with Crippen LogP contribution in [0, 0.1) is 15.9 Å². The van der Waals surface area contributed by atoms with E-state index in [4.69, 9.17) is 9.84 Å². The summed E-state index contributed by atoms with van der Waals surface area (Å²) in [6, 6.07) is 2.55. The van der Waals surface area contributed by atoms with Crippen molar-refractivity contribution in [1.82, 2.24) is 4.90 Å². The van der Waals surface area contributed by atoms with Crippen molar-refractivity contribution in [2.75, 3.05) is 26.8 Å². The Labute approximate surface area is 118 Å². The summed E-state index contributed by atoms with van der Waals surface area (Å²) in [5, 5.41) is 19.3. The van der Waals surface area contributed by atoms with Crippen LogP contribution in [0.2, 0.25) is 0 Å². The van der Waals surface area contributed by atoms with E-state index in [9.17, 15) is 24.1 Å². The lowest BCUT2D eigenvalue weighted by Gasteiger charge is -2.20. The van der Waals surface area contributed by atoms with Gasteiger partial charge in [0.15, 0.2) is 0 Å². The van der Waals surface area contributed by atoms with Gasteiger partial charge in [0, 0.05) is 19.7 Å². The predicted molar refractivity (Wildman–Crippen MR) is 68.5 cm³/mol. The van der Waals surface area contributed by atoms with E-state index in [1.165, 1.54) is 7.11 Å². The molecule has 1 amide bonds. The number of ether oxygens (including phenoxy) is 1. The van der Waals surface area contributed by atoms with Gasteiger partial charge in [-0.05, 0) is 6.07 Å². The van der Waals surface area contributed by atoms with Gasteiger partial charge >= 0.3 is 5.97 Å². The minimum atomic E-state index is -1.26. The number of halogens is 1. The zero-order chi connectivity index (χ0) is 16.0. The molecule has 0 saturated carbocycles. The number of carboxylic acids is 1. The topological polar surface area (TPSA) is 110 Å². The smallest absolute Gasteiger partial charge is 0.323 e. The van der Waals surface area contributed by atoms with Gasteiger partial charge in [0.25, 0.3) is 11.6 Å². The van der Waals surface area contributed by atoms with Crippen LogP contribution in [0.5, 0.6) is 0 Å². The van der Waals surface area contributed by atoms with Crippen LogP contribution in [-0.4, -0.2) is 53.6 Å². The molecule has 21 heavy (non-hydrogen) atoms. The number of hydrogen-bond acceptors (Lipinski definition) is 5. The molecule has 0 aliphatic heterocycles. The number of nitrogens with zero attached hydrogens (tertiary/aromatic N) is 2. The fourth-order valence-corrected chi connectivity index (χ4v) is 1.58. The van der Waals surface area contributed by atoms with Crippen molar-refractivity contribution in [3.8, 4) is 0 Å². The Bertz CT molecular complexity index is 563. The first-order valence-electron chi connectivity index (χ1n) is 5.80. The maximum atomic E-state index is 13.8. The summed E-state index contributed by atoms with van der Waals surface area (Å²) >= 11 is 0. The normalized spacial score (nSPS) is 10.2. The lowest BCUT2D eigenvalue weighted by Crippen LogP contribution is -2.38. The quantitative estimate of drug-likeness (QED) is 0.592. The number of carboxylic acid groups (broad SMARTS) is 1. The number of methoxy groups -OCH3 is 1. The standard InChI is InChI=1S/C12H13FN2O6/c1-21-5-4-14(7-11(16)17)12(18)9-3-2-8(15(19)20)6-10(9)13/h2-3,6H,4-5,7H2,1H3,(H,16,17). The van der Waals surface area contributed by atoms with Crippen LogP contribution in [-0.2, 0) is 9.53 Å². The van der Waals surface area contributed by atoms with Gasteiger partial charge in [0.05, 0.1) is 23.2 Å². The van der Waals surface area contributed by atoms with Gasteiger partial charge in [-0.1, -0.05) is 0 Å². The average Bonchev–Trinajstić information content (AvgIpc) is 2.42. The van der Waals surface area contributed by atoms with Crippen molar-refractivity contribution in [2.45, 2.75) is 0 Å². The molecule has 0 bridgehead atoms. The molecule has 0 spiro atoms. The van der Waals surface area contributed by atoms with Crippen molar-refractivity contribution >= 4 is 17.6 Å². The third-order valence-corrected chi connectivity index (χ3v) is 2.57. The van der Waals surface area contributed by atoms with Crippen LogP contribution in [0.1, 0.15) is 10.4 Å². The minimum Gasteiger partial charge on any atom is -0.480 e. The molecule has 1 aromatic rings. The molecule has 0 aromatic heterocycles. The number of carbonyl (C=O) groups excluding carboxylic acids is 1. The van der Waals surface area contributed by atoms with Crippen molar-refractivity contribution < 1.29 is 28.7 Å². The Morgan fingerprint density at radius 2 is 2.14 bits per heavy atom. The van der Waals surface area contributed by atoms with E-state index in [1.807, 2.05) is 0 Å². The Hall–Kier alpha value is -2.55. The van der Waals surface area contributed by atoms with E-state index in [-0.39, 0.29) is 13.2 Å². The summed E-state index contributed by atoms with van der Waals surface area (Å²) in [4.78, 5) is 33.4. The highest BCUT2D eigenvalue weighted by Gasteiger charge is 2.22. The maximum absolute atomic E-state index is 13.8. The molecule has 9 heteroatoms. The van der Waals surface area contributed by atoms with E-state index in [0.29, 0.717) is 6.07 Å². The Balaban J connectivity index is 3.02. The van der Waals surface area contributed by atoms with E-state index in [1.54, 1.807) is 0 Å². The lowest BCUT2D eigenvalue weighted by molar-refractivity contribution is -0.385. The van der Waals surface area contributed by atoms with Gasteiger partial charge in [-0.2, -0.15) is 0 Å². The highest BCUT2D eigenvalue weighted by molar-refractivity contribution is 5.96. The van der Waals surface area contributed by atoms with Crippen LogP contribution < -0.4 is 0 Å². The molecule has 1 rings (SSSR count). The first kappa shape index (κ1) is 16.5. The molecule has 1 aromatic carbocycles. The molecule has 0 unspecified atom stereocenters. The summed E-state index contributed by atoms with van der Waals surface area (Å²) in [5.41, 5.74) is -0.927. The molecular weight excluding hydrogens is 287 g/mol. The second-order valence-electron chi connectivity index (χ2n) is 4.03. The average molecular weight is 300 g/mol. The number of aliphatic carboxylic acids is 1. The molecule has 0 saturated heterocycles. The van der Waals surface area contributed by atoms with Gasteiger partial charge < -0.3 is 14.7 Å². The highest BCUT2D eigenvalue weighted by atomic mass is 19.1. The summed E-state index contributed by atoms with van der Waals surface area (Å²) in [7, 11) is 1.37. The molecular formula is C12H13FN2O6. The monoisotopic (exact) mass is 300 g/mol. The number of benzene rings is 1. The second kappa shape index (κ2) is 7.29. The molecule has 8 nitrogen and oxygen atoms in total. The zero-order valence-corrected chi connectivity index (χ0v) is 11.1. The van der Waals surface area contributed by atoms with Gasteiger partial charge in [0.1, 0.15) is 12.4 Å². The van der Waals surface area contributed by atoms with E-state index < -0.39 is 40.4 Å². The van der Waals surface area contributed by atoms with Crippen molar-refractivity contribution in [1.29, 1.82) is 0 Å². The summed E-state index contributed by atoms with van der Waals surface area (Å²) in [5.74, 6) is -3.22. The SMILES string of the molecule is COCCN(CC(=O)O)C(=O)c1ccc([N+](=O)[O-])cc1F. The molecule has 0 fully saturated rings. The number of nitro groups is 1. The predicted octanol–water partition coefficient (Wildman–Crippen LogP) is 0.907. The molecule has 114 valence electrons. The number of carbonyl (C=O) groups is 2. The van der Waals surface area contributed by atoms with Crippen LogP contribution in [0.3, 0.4) is 0 Å². The third-order valence-electron chi connectivity index (χ3n) is 2.57. The van der Waals surface area contributed by atoms with Gasteiger partial charge in [0.2, 0.25) is 0 Å². The van der Waals surface area contributed by atoms with Crippen LogP contribution in [0.25, 0.3) is 0 Å². The van der Waals surface area contributed by atoms with E-state index >= 15 is 0 Å². The first-order chi connectivity index (χ1) is 9.86. The van der Waals surface area contributed by atoms with E-state index in [2.05, 4.69) is 0 Å². The maximum Gasteiger partial charge on any atom is 0.323 e. The Morgan fingerprint density at radius 3 is 2.62 bits per heavy atom. The molecule has 0 heterocycles. The van der Waals surface area contributed by atoms with Crippen LogP contribution in [0.15, 0.2) is 18.2 Å². The minimum absolute atomic E-state index is 0.0436. The molecule has 0 radical (unpaired) electrons. The van der Waals surface area contributed by atoms with Crippen molar-refractivity contribution in [2.24, 2.45) is 0 Å². The van der Waals surface area contributed by atoms with Gasteiger partial charge in [-0.15, -0.1) is 0 Å². The zero-order valence-electron chi connectivity index (χ0n) is 11.1. The largest absolute Gasteiger partial charge is 0.480 e. The number of hydrogen-bond donors (Lipinski definition) is 1. The Kier molecular flexibility index (Phi) is 5.73. The van der Waals surface area contributed by atoms with E-state index in [0.717, 1.165) is 17.0 Å². The third kappa shape index (κ3) is 4.49. The van der Waals surface area contributed by atoms with Crippen LogP contribution in [0.4, 0.5) is 10.1 Å². The molecule has 1 N–H and O–H groups in total. The van der Waals surface area contributed by atoms with Crippen molar-refractivity contribution in [3.05, 3.63) is 39.7 Å². The first-order valence-corrected chi connectivity index (χ1v) is 5.80. The molecule has 0 aliphatic rings. The van der Waals surface area contributed by atoms with Gasteiger partial charge in [-0.25, -0.2) is 4.39 Å². The van der Waals surface area contributed by atoms with Gasteiger partial charge in [-0.3, -0.25) is 19.7 Å². The van der Waals surface area contributed by atoms with Crippen molar-refractivity contribution in [3.63, 3.8) is 0 Å². The number of non-ortho nitro benzene ring substituents is 1. The summed E-state index contributed by atoms with van der Waals surface area (Å²) < 4.78 is 18.5. The number of amides is 1. The number of nitro benzene ring substituents is 1. The Morgan fingerprint density at radius 1 is 1.48 bits per heavy atom.